The van der Waals surface area contributed by atoms with Crippen molar-refractivity contribution in [2.45, 2.75) is 13.0 Å². The van der Waals surface area contributed by atoms with E-state index in [1.807, 2.05) is 30.3 Å². The van der Waals surface area contributed by atoms with Crippen molar-refractivity contribution in [1.29, 1.82) is 0 Å². The van der Waals surface area contributed by atoms with Crippen molar-refractivity contribution in [2.24, 2.45) is 0 Å². The molecule has 0 saturated heterocycles. The van der Waals surface area contributed by atoms with E-state index < -0.39 is 12.0 Å². The molecule has 0 radical (unpaired) electrons. The van der Waals surface area contributed by atoms with E-state index in [1.54, 1.807) is 30.5 Å². The summed E-state index contributed by atoms with van der Waals surface area (Å²) in [5, 5.41) is 5.53. The molecule has 0 aliphatic heterocycles. The molecule has 0 fully saturated rings. The zero-order valence-corrected chi connectivity index (χ0v) is 17.6. The molecule has 0 bridgehead atoms. The van der Waals surface area contributed by atoms with Crippen molar-refractivity contribution in [3.8, 4) is 0 Å². The number of hydrogen-bond acceptors (Lipinski definition) is 5. The van der Waals surface area contributed by atoms with Crippen molar-refractivity contribution < 1.29 is 14.3 Å². The monoisotopic (exact) mass is 429 g/mol. The number of nitrogens with one attached hydrogen (secondary N) is 2. The molecule has 2 N–H and O–H groups in total. The lowest BCUT2D eigenvalue weighted by Gasteiger charge is -2.12. The Hall–Kier alpha value is -4.20. The number of para-hydroxylation sites is 1. The Morgan fingerprint density at radius 2 is 1.78 bits per heavy atom. The number of esters is 1. The Balaban J connectivity index is 1.44. The van der Waals surface area contributed by atoms with Crippen molar-refractivity contribution in [1.82, 2.24) is 19.9 Å². The molecular weight excluding hydrogens is 406 g/mol. The molecule has 4 aromatic rings. The van der Waals surface area contributed by atoms with Gasteiger partial charge >= 0.3 is 12.0 Å². The summed E-state index contributed by atoms with van der Waals surface area (Å²) in [6.45, 7) is 1.01. The fourth-order valence-electron chi connectivity index (χ4n) is 3.46. The van der Waals surface area contributed by atoms with E-state index in [0.29, 0.717) is 30.8 Å². The lowest BCUT2D eigenvalue weighted by Crippen LogP contribution is -2.31. The van der Waals surface area contributed by atoms with Crippen LogP contribution in [0.3, 0.4) is 0 Å². The molecule has 0 atom stereocenters. The normalized spacial score (nSPS) is 10.7. The minimum atomic E-state index is -0.511. The van der Waals surface area contributed by atoms with Crippen LogP contribution in [0.25, 0.3) is 11.2 Å². The molecule has 0 unspecified atom stereocenters. The van der Waals surface area contributed by atoms with E-state index in [-0.39, 0.29) is 0 Å². The van der Waals surface area contributed by atoms with E-state index in [2.05, 4.69) is 32.3 Å². The average molecular weight is 429 g/mol. The molecule has 8 heteroatoms. The number of urea groups is 1. The molecule has 8 nitrogen and oxygen atoms in total. The van der Waals surface area contributed by atoms with E-state index in [9.17, 15) is 9.59 Å². The lowest BCUT2D eigenvalue weighted by atomic mass is 10.2. The quantitative estimate of drug-likeness (QED) is 0.437. The van der Waals surface area contributed by atoms with Crippen molar-refractivity contribution in [2.75, 3.05) is 19.0 Å². The zero-order valence-electron chi connectivity index (χ0n) is 17.6. The Kier molecular flexibility index (Phi) is 6.41. The number of benzene rings is 2. The summed E-state index contributed by atoms with van der Waals surface area (Å²) < 4.78 is 6.83. The second kappa shape index (κ2) is 9.74. The van der Waals surface area contributed by atoms with Crippen molar-refractivity contribution in [3.63, 3.8) is 0 Å². The molecule has 0 aliphatic carbocycles. The molecule has 162 valence electrons. The minimum Gasteiger partial charge on any atom is -0.465 e. The van der Waals surface area contributed by atoms with Gasteiger partial charge in [-0.3, -0.25) is 0 Å². The summed E-state index contributed by atoms with van der Waals surface area (Å²) in [6.07, 6.45) is 2.27. The summed E-state index contributed by atoms with van der Waals surface area (Å²) in [7, 11) is 1.30. The third kappa shape index (κ3) is 4.75. The van der Waals surface area contributed by atoms with Gasteiger partial charge in [-0.1, -0.05) is 42.5 Å². The van der Waals surface area contributed by atoms with Gasteiger partial charge in [0.1, 0.15) is 11.3 Å². The number of aromatic nitrogens is 3. The fraction of sp³-hybridized carbons (Fsp3) is 0.167. The molecule has 0 saturated carbocycles. The summed E-state index contributed by atoms with van der Waals surface area (Å²) in [5.41, 5.74) is 3.44. The molecule has 2 heterocycles. The van der Waals surface area contributed by atoms with Crippen LogP contribution in [-0.2, 0) is 17.7 Å². The van der Waals surface area contributed by atoms with Crippen LogP contribution >= 0.6 is 0 Å². The van der Waals surface area contributed by atoms with Gasteiger partial charge in [-0.2, -0.15) is 0 Å². The highest BCUT2D eigenvalue weighted by atomic mass is 16.5. The fourth-order valence-corrected chi connectivity index (χ4v) is 3.46. The second-order valence-electron chi connectivity index (χ2n) is 7.11. The third-order valence-electron chi connectivity index (χ3n) is 4.98. The second-order valence-corrected chi connectivity index (χ2v) is 7.11. The smallest absolute Gasteiger partial charge is 0.339 e. The molecule has 2 amide bonds. The van der Waals surface area contributed by atoms with Gasteiger partial charge in [-0.25, -0.2) is 19.6 Å². The van der Waals surface area contributed by atoms with E-state index >= 15 is 0 Å². The van der Waals surface area contributed by atoms with Gasteiger partial charge in [0.05, 0.1) is 24.9 Å². The van der Waals surface area contributed by atoms with Gasteiger partial charge in [0.2, 0.25) is 0 Å². The number of carbonyl (C=O) groups is 2. The van der Waals surface area contributed by atoms with E-state index in [4.69, 9.17) is 9.72 Å². The van der Waals surface area contributed by atoms with Gasteiger partial charge in [0.15, 0.2) is 5.65 Å². The number of carbonyl (C=O) groups excluding carboxylic acids is 2. The summed E-state index contributed by atoms with van der Waals surface area (Å²) in [5.74, 6) is 0.320. The predicted octanol–water partition coefficient (Wildman–Crippen LogP) is 3.63. The van der Waals surface area contributed by atoms with Crippen LogP contribution in [0.5, 0.6) is 0 Å². The number of ether oxygens (including phenoxy) is 1. The van der Waals surface area contributed by atoms with Gasteiger partial charge < -0.3 is 19.9 Å². The highest BCUT2D eigenvalue weighted by molar-refractivity contribution is 6.00. The summed E-state index contributed by atoms with van der Waals surface area (Å²) in [6, 6.07) is 20.2. The lowest BCUT2D eigenvalue weighted by molar-refractivity contribution is 0.0602. The third-order valence-corrected chi connectivity index (χ3v) is 4.98. The number of fused-ring (bicyclic) bond motifs is 1. The number of amides is 2. The van der Waals surface area contributed by atoms with Crippen molar-refractivity contribution >= 4 is 28.9 Å². The largest absolute Gasteiger partial charge is 0.465 e. The van der Waals surface area contributed by atoms with Gasteiger partial charge in [0.25, 0.3) is 0 Å². The molecule has 32 heavy (non-hydrogen) atoms. The van der Waals surface area contributed by atoms with E-state index in [0.717, 1.165) is 22.6 Å². The Morgan fingerprint density at radius 1 is 1.00 bits per heavy atom. The van der Waals surface area contributed by atoms with E-state index in [1.165, 1.54) is 7.11 Å². The number of anilines is 1. The van der Waals surface area contributed by atoms with Gasteiger partial charge in [-0.15, -0.1) is 0 Å². The molecule has 2 aromatic carbocycles. The molecule has 0 aliphatic rings. The molecular formula is C24H23N5O3. The van der Waals surface area contributed by atoms with Crippen LogP contribution in [0.15, 0.2) is 72.9 Å². The Bertz CT molecular complexity index is 1240. The SMILES string of the molecule is COC(=O)c1ccccc1NC(=O)NCCc1nc2cccnc2n1Cc1ccccc1. The average Bonchev–Trinajstić information content (AvgIpc) is 3.17. The standard InChI is InChI=1S/C24H23N5O3/c1-32-23(30)18-10-5-6-11-19(18)28-24(31)26-15-13-21-27-20-12-7-14-25-22(20)29(21)16-17-8-3-2-4-9-17/h2-12,14H,13,15-16H2,1H3,(H2,26,28,31). The van der Waals surface area contributed by atoms with Gasteiger partial charge in [0, 0.05) is 19.2 Å². The van der Waals surface area contributed by atoms with Crippen LogP contribution in [0.4, 0.5) is 10.5 Å². The summed E-state index contributed by atoms with van der Waals surface area (Å²) >= 11 is 0. The number of imidazole rings is 1. The Labute approximate surface area is 185 Å². The molecule has 2 aromatic heterocycles. The van der Waals surface area contributed by atoms with Crippen LogP contribution in [0, 0.1) is 0 Å². The van der Waals surface area contributed by atoms with Crippen LogP contribution in [0.2, 0.25) is 0 Å². The molecule has 0 spiro atoms. The maximum atomic E-state index is 12.4. The maximum Gasteiger partial charge on any atom is 0.339 e. The highest BCUT2D eigenvalue weighted by Crippen LogP contribution is 2.17. The predicted molar refractivity (Wildman–Crippen MR) is 122 cm³/mol. The van der Waals surface area contributed by atoms with Gasteiger partial charge in [-0.05, 0) is 29.8 Å². The molecule has 4 rings (SSSR count). The number of hydrogen-bond donors (Lipinski definition) is 2. The first-order chi connectivity index (χ1) is 15.7. The number of nitrogens with zero attached hydrogens (tertiary/aromatic N) is 3. The highest BCUT2D eigenvalue weighted by Gasteiger charge is 2.15. The first kappa shape index (κ1) is 21.0. The Morgan fingerprint density at radius 3 is 2.59 bits per heavy atom. The topological polar surface area (TPSA) is 98.1 Å². The van der Waals surface area contributed by atoms with Crippen LogP contribution in [0.1, 0.15) is 21.7 Å². The van der Waals surface area contributed by atoms with Crippen molar-refractivity contribution in [3.05, 3.63) is 89.9 Å². The minimum absolute atomic E-state index is 0.292. The number of rotatable bonds is 7. The number of pyridine rings is 1. The first-order valence-corrected chi connectivity index (χ1v) is 10.2. The maximum absolute atomic E-state index is 12.4. The van der Waals surface area contributed by atoms with Crippen LogP contribution < -0.4 is 10.6 Å². The first-order valence-electron chi connectivity index (χ1n) is 10.2. The number of methoxy groups -OCH3 is 1. The summed E-state index contributed by atoms with van der Waals surface area (Å²) in [4.78, 5) is 33.5. The zero-order chi connectivity index (χ0) is 22.3. The van der Waals surface area contributed by atoms with Crippen LogP contribution in [-0.4, -0.2) is 40.2 Å².